The highest BCUT2D eigenvalue weighted by Gasteiger charge is 2.45. The van der Waals surface area contributed by atoms with Crippen LogP contribution in [-0.2, 0) is 19.2 Å². The Balaban J connectivity index is 0.728. The van der Waals surface area contributed by atoms with E-state index in [4.69, 9.17) is 34.7 Å². The third kappa shape index (κ3) is 16.5. The van der Waals surface area contributed by atoms with Gasteiger partial charge >= 0.3 is 0 Å². The van der Waals surface area contributed by atoms with E-state index in [0.29, 0.717) is 46.7 Å². The minimum Gasteiger partial charge on any atom is -0.391 e. The smallest absolute Gasteiger partial charge is 0.246 e. The summed E-state index contributed by atoms with van der Waals surface area (Å²) in [4.78, 5) is 78.0. The van der Waals surface area contributed by atoms with E-state index in [9.17, 15) is 24.3 Å². The Bertz CT molecular complexity index is 2600. The summed E-state index contributed by atoms with van der Waals surface area (Å²) in [5.41, 5.74) is 17.0. The molecular weight excluding hydrogens is 1050 g/mol. The Kier molecular flexibility index (Phi) is 21.9. The van der Waals surface area contributed by atoms with Crippen LogP contribution in [0.4, 0.5) is 11.6 Å². The monoisotopic (exact) mass is 1130 g/mol. The summed E-state index contributed by atoms with van der Waals surface area (Å²) in [6.45, 7) is 16.2. The molecule has 3 aliphatic rings. The van der Waals surface area contributed by atoms with Gasteiger partial charge in [-0.05, 0) is 99.6 Å². The molecule has 2 aromatic carbocycles. The molecule has 0 radical (unpaired) electrons. The number of piperazine rings is 1. The average molecular weight is 1140 g/mol. The van der Waals surface area contributed by atoms with Gasteiger partial charge in [0.05, 0.1) is 44.5 Å². The van der Waals surface area contributed by atoms with Crippen molar-refractivity contribution < 1.29 is 24.3 Å². The molecule has 3 saturated heterocycles. The number of benzene rings is 2. The number of nitrogens with two attached hydrogens (primary N) is 2. The lowest BCUT2D eigenvalue weighted by atomic mass is 9.74. The molecule has 420 valence electrons. The number of thiazole rings is 1. The Labute approximate surface area is 474 Å². The lowest BCUT2D eigenvalue weighted by Gasteiger charge is -2.42. The van der Waals surface area contributed by atoms with Gasteiger partial charge in [-0.2, -0.15) is 0 Å². The number of nitrogen functional groups attached to an aromatic ring is 1. The molecule has 4 aromatic rings. The maximum absolute atomic E-state index is 14.1. The quantitative estimate of drug-likeness (QED) is 0.0414. The highest BCUT2D eigenvalue weighted by Crippen LogP contribution is 2.40. The van der Waals surface area contributed by atoms with E-state index in [1.54, 1.807) is 23.6 Å². The van der Waals surface area contributed by atoms with Gasteiger partial charge in [0.15, 0.2) is 5.82 Å². The van der Waals surface area contributed by atoms with Crippen molar-refractivity contribution in [3.8, 4) is 10.4 Å². The van der Waals surface area contributed by atoms with E-state index < -0.39 is 23.6 Å². The first-order valence-electron chi connectivity index (χ1n) is 27.6. The Morgan fingerprint density at radius 2 is 1.58 bits per heavy atom. The summed E-state index contributed by atoms with van der Waals surface area (Å²) in [7, 11) is 0. The predicted molar refractivity (Wildman–Crippen MR) is 310 cm³/mol. The number of nitrogens with zero attached hydrogens (tertiary/aromatic N) is 7. The van der Waals surface area contributed by atoms with E-state index in [-0.39, 0.29) is 48.1 Å². The number of aliphatic hydroxyl groups excluding tert-OH is 1. The maximum atomic E-state index is 14.1. The molecule has 16 nitrogen and oxygen atoms in total. The zero-order valence-corrected chi connectivity index (χ0v) is 48.9. The number of aliphatic hydroxyl groups is 1. The molecule has 20 heteroatoms. The lowest BCUT2D eigenvalue weighted by molar-refractivity contribution is -0.144. The van der Waals surface area contributed by atoms with Gasteiger partial charge in [-0.1, -0.05) is 118 Å². The third-order valence-electron chi connectivity index (χ3n) is 15.7. The van der Waals surface area contributed by atoms with Crippen LogP contribution in [0.15, 0.2) is 64.1 Å². The van der Waals surface area contributed by atoms with Crippen LogP contribution in [0.25, 0.3) is 10.4 Å². The van der Waals surface area contributed by atoms with Gasteiger partial charge in [0.2, 0.25) is 23.6 Å². The van der Waals surface area contributed by atoms with Crippen molar-refractivity contribution >= 4 is 81.6 Å². The van der Waals surface area contributed by atoms with Crippen LogP contribution in [0.3, 0.4) is 0 Å². The SMILES string of the molecule is Cc1ncsc1-c1ccc([C@H](C)NC(=O)[C@@H]2C[C@@H](O)CN2C(=O)[C@@H](NC(=O)CCCCCCCN2CCN(C(=O)CCCCCC3(CN)CCN(c4cnc(Sc5cccc(Cl)c5Cl)c(N)n4)CC3)CC2)C(C)(C)C)cc1. The van der Waals surface area contributed by atoms with E-state index in [2.05, 4.69) is 35.4 Å². The molecule has 4 atom stereocenters. The zero-order chi connectivity index (χ0) is 55.3. The normalized spacial score (nSPS) is 18.8. The predicted octanol–water partition coefficient (Wildman–Crippen LogP) is 9.30. The van der Waals surface area contributed by atoms with Gasteiger partial charge in [-0.15, -0.1) is 11.3 Å². The number of hydrogen-bond donors (Lipinski definition) is 5. The number of likely N-dealkylation sites (tertiary alicyclic amines) is 1. The van der Waals surface area contributed by atoms with Crippen LogP contribution in [0, 0.1) is 17.8 Å². The van der Waals surface area contributed by atoms with Crippen molar-refractivity contribution in [2.45, 2.75) is 159 Å². The molecule has 4 amide bonds. The maximum Gasteiger partial charge on any atom is 0.246 e. The van der Waals surface area contributed by atoms with Gasteiger partial charge in [0.1, 0.15) is 22.9 Å². The number of rotatable bonds is 24. The van der Waals surface area contributed by atoms with Gasteiger partial charge in [-0.3, -0.25) is 24.1 Å². The third-order valence-corrected chi connectivity index (χ3v) is 18.7. The molecule has 0 saturated carbocycles. The second-order valence-electron chi connectivity index (χ2n) is 22.4. The fourth-order valence-electron chi connectivity index (χ4n) is 10.8. The van der Waals surface area contributed by atoms with Gasteiger partial charge in [0, 0.05) is 70.0 Å². The van der Waals surface area contributed by atoms with Crippen LogP contribution in [0.1, 0.15) is 135 Å². The molecule has 77 heavy (non-hydrogen) atoms. The van der Waals surface area contributed by atoms with Gasteiger partial charge in [0.25, 0.3) is 0 Å². The molecule has 7 N–H and O–H groups in total. The number of nitrogens with one attached hydrogen (secondary N) is 2. The van der Waals surface area contributed by atoms with Crippen LogP contribution >= 0.6 is 46.3 Å². The number of carbonyl (C=O) groups excluding carboxylic acids is 4. The highest BCUT2D eigenvalue weighted by atomic mass is 35.5. The number of carbonyl (C=O) groups is 4. The van der Waals surface area contributed by atoms with E-state index in [1.165, 1.54) is 16.7 Å². The second kappa shape index (κ2) is 28.0. The molecule has 0 aliphatic carbocycles. The minimum atomic E-state index is -0.857. The first-order valence-corrected chi connectivity index (χ1v) is 30.1. The topological polar surface area (TPSA) is 216 Å². The average Bonchev–Trinajstić information content (AvgIpc) is 4.06. The Morgan fingerprint density at radius 1 is 0.896 bits per heavy atom. The van der Waals surface area contributed by atoms with E-state index in [1.807, 2.05) is 81.4 Å². The van der Waals surface area contributed by atoms with Crippen molar-refractivity contribution in [2.24, 2.45) is 16.6 Å². The largest absolute Gasteiger partial charge is 0.391 e. The highest BCUT2D eigenvalue weighted by molar-refractivity contribution is 7.99. The molecule has 5 heterocycles. The number of aromatic nitrogens is 3. The van der Waals surface area contributed by atoms with Crippen LogP contribution in [0.2, 0.25) is 10.0 Å². The second-order valence-corrected chi connectivity index (χ2v) is 25.1. The summed E-state index contributed by atoms with van der Waals surface area (Å²) in [6, 6.07) is 11.4. The summed E-state index contributed by atoms with van der Waals surface area (Å²) >= 11 is 15.5. The molecule has 3 fully saturated rings. The fourth-order valence-corrected chi connectivity index (χ4v) is 12.9. The van der Waals surface area contributed by atoms with Crippen LogP contribution in [0.5, 0.6) is 0 Å². The number of hydrogen-bond acceptors (Lipinski definition) is 14. The molecular formula is C57H81Cl2N11O5S2. The van der Waals surface area contributed by atoms with Crippen molar-refractivity contribution in [2.75, 3.05) is 69.5 Å². The van der Waals surface area contributed by atoms with Gasteiger partial charge in [-0.25, -0.2) is 15.0 Å². The fraction of sp³-hybridized carbons (Fsp3) is 0.596. The first kappa shape index (κ1) is 60.1. The zero-order valence-electron chi connectivity index (χ0n) is 45.7. The number of β-amino-alcohol motifs (C(OH)–C–C–N with tert-alkyl or cyclic N) is 1. The number of piperidine rings is 1. The molecule has 0 unspecified atom stereocenters. The van der Waals surface area contributed by atoms with E-state index >= 15 is 0 Å². The summed E-state index contributed by atoms with van der Waals surface area (Å²) < 4.78 is 0. The number of unbranched alkanes of at least 4 members (excludes halogenated alkanes) is 6. The van der Waals surface area contributed by atoms with Crippen LogP contribution in [-0.4, -0.2) is 135 Å². The molecule has 3 aliphatic heterocycles. The molecule has 0 spiro atoms. The number of halogens is 2. The lowest BCUT2D eigenvalue weighted by Crippen LogP contribution is -2.57. The van der Waals surface area contributed by atoms with Gasteiger partial charge < -0.3 is 41.9 Å². The first-order chi connectivity index (χ1) is 36.8. The van der Waals surface area contributed by atoms with Crippen LogP contribution < -0.4 is 27.0 Å². The minimum absolute atomic E-state index is 0.0288. The van der Waals surface area contributed by atoms with Crippen molar-refractivity contribution in [1.29, 1.82) is 0 Å². The van der Waals surface area contributed by atoms with Crippen molar-refractivity contribution in [1.82, 2.24) is 40.3 Å². The Morgan fingerprint density at radius 3 is 2.26 bits per heavy atom. The molecule has 0 bridgehead atoms. The van der Waals surface area contributed by atoms with E-state index in [0.717, 1.165) is 142 Å². The summed E-state index contributed by atoms with van der Waals surface area (Å²) in [5, 5.41) is 18.3. The standard InChI is InChI=1S/C57H81Cl2N11O5S2/c1-38(40-19-21-41(22-20-40)50-39(2)63-37-76-50)64-53(74)44-33-42(71)35-70(44)55(75)51(56(3,4)5)66-47(72)17-10-7-6-8-13-26-67-29-31-69(32-30-67)48(73)18-11-9-12-23-57(36-60)24-27-68(28-25-57)46-34-62-54(52(61)65-46)77-45-16-14-15-43(58)49(45)59/h14-16,19-22,34,37-38,42,44,51,71H,6-13,17-18,23-33,35-36,60H2,1-5H3,(H2,61,65)(H,64,74)(H,66,72)/t38-,42+,44-,51+/m0/s1. The van der Waals surface area contributed by atoms with Crippen molar-refractivity contribution in [3.63, 3.8) is 0 Å². The number of anilines is 2. The summed E-state index contributed by atoms with van der Waals surface area (Å²) in [5.74, 6) is 0.488. The molecule has 2 aromatic heterocycles. The number of amides is 4. The van der Waals surface area contributed by atoms with Crippen molar-refractivity contribution in [3.05, 3.63) is 75.5 Å². The Hall–Kier alpha value is -4.56. The molecule has 7 rings (SSSR count). The summed E-state index contributed by atoms with van der Waals surface area (Å²) in [6.07, 6.45) is 12.6. The number of aryl methyl sites for hydroxylation is 1.